The van der Waals surface area contributed by atoms with Crippen LogP contribution >= 0.6 is 11.3 Å². The standard InChI is InChI=1S/C13H19N3O2S/c1-9-7-19-8-10(9)11(17)16-5-3-13(2,4-6-16)12(14)15-18/h7-8,18H,3-6H2,1-2H3,(H2,14,15). The van der Waals surface area contributed by atoms with Gasteiger partial charge in [-0.2, -0.15) is 11.3 Å². The highest BCUT2D eigenvalue weighted by atomic mass is 32.1. The molecule has 1 aliphatic heterocycles. The van der Waals surface area contributed by atoms with Gasteiger partial charge in [0.1, 0.15) is 5.84 Å². The molecule has 6 heteroatoms. The molecule has 1 fully saturated rings. The van der Waals surface area contributed by atoms with Gasteiger partial charge in [0.15, 0.2) is 0 Å². The molecule has 0 unspecified atom stereocenters. The molecule has 1 aliphatic rings. The average molecular weight is 281 g/mol. The molecule has 0 bridgehead atoms. The van der Waals surface area contributed by atoms with Crippen LogP contribution in [0.4, 0.5) is 0 Å². The van der Waals surface area contributed by atoms with E-state index in [-0.39, 0.29) is 17.2 Å². The van der Waals surface area contributed by atoms with Gasteiger partial charge in [-0.15, -0.1) is 0 Å². The van der Waals surface area contributed by atoms with E-state index in [1.54, 1.807) is 11.3 Å². The normalized spacial score (nSPS) is 19.5. The largest absolute Gasteiger partial charge is 0.409 e. The zero-order valence-corrected chi connectivity index (χ0v) is 12.0. The predicted molar refractivity (Wildman–Crippen MR) is 75.7 cm³/mol. The summed E-state index contributed by atoms with van der Waals surface area (Å²) in [6.07, 6.45) is 1.44. The molecule has 19 heavy (non-hydrogen) atoms. The minimum absolute atomic E-state index is 0.0836. The summed E-state index contributed by atoms with van der Waals surface area (Å²) >= 11 is 1.55. The molecule has 1 aromatic rings. The number of piperidine rings is 1. The summed E-state index contributed by atoms with van der Waals surface area (Å²) < 4.78 is 0. The predicted octanol–water partition coefficient (Wildman–Crippen LogP) is 2.05. The highest BCUT2D eigenvalue weighted by Gasteiger charge is 2.36. The van der Waals surface area contributed by atoms with E-state index in [1.165, 1.54) is 0 Å². The van der Waals surface area contributed by atoms with Gasteiger partial charge in [-0.25, -0.2) is 0 Å². The summed E-state index contributed by atoms with van der Waals surface area (Å²) in [5.41, 5.74) is 7.23. The number of hydrogen-bond donors (Lipinski definition) is 2. The maximum Gasteiger partial charge on any atom is 0.254 e. The van der Waals surface area contributed by atoms with E-state index in [4.69, 9.17) is 10.9 Å². The van der Waals surface area contributed by atoms with Crippen molar-refractivity contribution in [2.45, 2.75) is 26.7 Å². The molecule has 2 heterocycles. The Morgan fingerprint density at radius 3 is 2.58 bits per heavy atom. The van der Waals surface area contributed by atoms with Gasteiger partial charge in [-0.3, -0.25) is 4.79 Å². The number of hydrogen-bond acceptors (Lipinski definition) is 4. The van der Waals surface area contributed by atoms with Crippen LogP contribution in [0.3, 0.4) is 0 Å². The minimum atomic E-state index is -0.310. The quantitative estimate of drug-likeness (QED) is 0.377. The van der Waals surface area contributed by atoms with Gasteiger partial charge < -0.3 is 15.8 Å². The fourth-order valence-electron chi connectivity index (χ4n) is 2.33. The van der Waals surface area contributed by atoms with Crippen LogP contribution in [0.1, 0.15) is 35.7 Å². The lowest BCUT2D eigenvalue weighted by Gasteiger charge is -2.38. The highest BCUT2D eigenvalue weighted by molar-refractivity contribution is 7.08. The van der Waals surface area contributed by atoms with E-state index < -0.39 is 0 Å². The van der Waals surface area contributed by atoms with E-state index in [0.29, 0.717) is 13.1 Å². The Labute approximate surface area is 116 Å². The molecule has 0 spiro atoms. The van der Waals surface area contributed by atoms with Crippen LogP contribution in [-0.4, -0.2) is 34.9 Å². The van der Waals surface area contributed by atoms with Crippen LogP contribution in [0, 0.1) is 12.3 Å². The van der Waals surface area contributed by atoms with Crippen molar-refractivity contribution in [2.24, 2.45) is 16.3 Å². The van der Waals surface area contributed by atoms with Crippen LogP contribution in [0.5, 0.6) is 0 Å². The Hall–Kier alpha value is -1.56. The van der Waals surface area contributed by atoms with Crippen molar-refractivity contribution in [3.8, 4) is 0 Å². The molecule has 0 aromatic carbocycles. The van der Waals surface area contributed by atoms with Gasteiger partial charge in [0.25, 0.3) is 5.91 Å². The SMILES string of the molecule is Cc1cscc1C(=O)N1CCC(C)(/C(N)=N/O)CC1. The van der Waals surface area contributed by atoms with Crippen molar-refractivity contribution in [2.75, 3.05) is 13.1 Å². The minimum Gasteiger partial charge on any atom is -0.409 e. The fraction of sp³-hybridized carbons (Fsp3) is 0.538. The van der Waals surface area contributed by atoms with Gasteiger partial charge in [-0.05, 0) is 30.7 Å². The average Bonchev–Trinajstić information content (AvgIpc) is 2.84. The Balaban J connectivity index is 2.05. The second kappa shape index (κ2) is 5.21. The summed E-state index contributed by atoms with van der Waals surface area (Å²) in [6.45, 7) is 5.20. The van der Waals surface area contributed by atoms with Gasteiger partial charge in [0, 0.05) is 23.9 Å². The second-order valence-electron chi connectivity index (χ2n) is 5.31. The first-order valence-corrected chi connectivity index (χ1v) is 7.22. The number of nitrogens with two attached hydrogens (primary N) is 1. The molecule has 104 valence electrons. The third-order valence-corrected chi connectivity index (χ3v) is 4.83. The molecule has 5 nitrogen and oxygen atoms in total. The summed E-state index contributed by atoms with van der Waals surface area (Å²) in [6, 6.07) is 0. The molecule has 3 N–H and O–H groups in total. The molecular weight excluding hydrogens is 262 g/mol. The molecule has 0 radical (unpaired) electrons. The smallest absolute Gasteiger partial charge is 0.254 e. The van der Waals surface area contributed by atoms with Crippen LogP contribution in [0.15, 0.2) is 15.9 Å². The summed E-state index contributed by atoms with van der Waals surface area (Å²) in [4.78, 5) is 14.2. The molecule has 1 saturated heterocycles. The highest BCUT2D eigenvalue weighted by Crippen LogP contribution is 2.32. The number of thiophene rings is 1. The van der Waals surface area contributed by atoms with Gasteiger partial charge in [-0.1, -0.05) is 12.1 Å². The number of amides is 1. The Morgan fingerprint density at radius 1 is 1.47 bits per heavy atom. The second-order valence-corrected chi connectivity index (χ2v) is 6.05. The van der Waals surface area contributed by atoms with E-state index in [2.05, 4.69) is 5.16 Å². The van der Waals surface area contributed by atoms with E-state index in [0.717, 1.165) is 24.0 Å². The molecule has 1 amide bonds. The van der Waals surface area contributed by atoms with Gasteiger partial charge in [0.05, 0.1) is 5.56 Å². The van der Waals surface area contributed by atoms with Crippen molar-refractivity contribution in [1.29, 1.82) is 0 Å². The lowest BCUT2D eigenvalue weighted by Crippen LogP contribution is -2.47. The third kappa shape index (κ3) is 2.58. The first-order valence-electron chi connectivity index (χ1n) is 6.28. The number of nitrogens with zero attached hydrogens (tertiary/aromatic N) is 2. The maximum absolute atomic E-state index is 12.4. The lowest BCUT2D eigenvalue weighted by molar-refractivity contribution is 0.0666. The molecular formula is C13H19N3O2S. The zero-order valence-electron chi connectivity index (χ0n) is 11.2. The van der Waals surface area contributed by atoms with Crippen LogP contribution < -0.4 is 5.73 Å². The van der Waals surface area contributed by atoms with Crippen molar-refractivity contribution in [1.82, 2.24) is 4.90 Å². The number of carbonyl (C=O) groups excluding carboxylic acids is 1. The number of amidine groups is 1. The van der Waals surface area contributed by atoms with Crippen molar-refractivity contribution < 1.29 is 10.0 Å². The van der Waals surface area contributed by atoms with Crippen LogP contribution in [0.2, 0.25) is 0 Å². The lowest BCUT2D eigenvalue weighted by atomic mass is 9.79. The number of aryl methyl sites for hydroxylation is 1. The monoisotopic (exact) mass is 281 g/mol. The fourth-order valence-corrected chi connectivity index (χ4v) is 3.15. The Morgan fingerprint density at radius 2 is 2.11 bits per heavy atom. The van der Waals surface area contributed by atoms with Gasteiger partial charge in [0.2, 0.25) is 0 Å². The maximum atomic E-state index is 12.4. The van der Waals surface area contributed by atoms with E-state index in [9.17, 15) is 4.79 Å². The number of likely N-dealkylation sites (tertiary alicyclic amines) is 1. The van der Waals surface area contributed by atoms with Crippen LogP contribution in [0.25, 0.3) is 0 Å². The van der Waals surface area contributed by atoms with Crippen molar-refractivity contribution in [3.63, 3.8) is 0 Å². The summed E-state index contributed by atoms with van der Waals surface area (Å²) in [5, 5.41) is 15.8. The van der Waals surface area contributed by atoms with Crippen molar-refractivity contribution in [3.05, 3.63) is 21.9 Å². The topological polar surface area (TPSA) is 78.9 Å². The number of oxime groups is 1. The third-order valence-electron chi connectivity index (χ3n) is 3.97. The van der Waals surface area contributed by atoms with Crippen LogP contribution in [-0.2, 0) is 0 Å². The summed E-state index contributed by atoms with van der Waals surface area (Å²) in [7, 11) is 0. The van der Waals surface area contributed by atoms with Gasteiger partial charge >= 0.3 is 0 Å². The summed E-state index contributed by atoms with van der Waals surface area (Å²) in [5.74, 6) is 0.339. The Bertz CT molecular complexity index is 502. The zero-order chi connectivity index (χ0) is 14.0. The Kier molecular flexibility index (Phi) is 3.80. The van der Waals surface area contributed by atoms with E-state index in [1.807, 2.05) is 29.5 Å². The molecule has 0 atom stereocenters. The molecule has 2 rings (SSSR count). The first-order chi connectivity index (χ1) is 8.98. The first kappa shape index (κ1) is 13.9. The van der Waals surface area contributed by atoms with Crippen molar-refractivity contribution >= 4 is 23.1 Å². The molecule has 1 aromatic heterocycles. The van der Waals surface area contributed by atoms with E-state index >= 15 is 0 Å². The number of rotatable bonds is 2. The molecule has 0 saturated carbocycles. The molecule has 0 aliphatic carbocycles. The number of carbonyl (C=O) groups is 1.